The molecule has 0 spiro atoms. The van der Waals surface area contributed by atoms with Crippen LogP contribution in [0, 0.1) is 0 Å². The predicted molar refractivity (Wildman–Crippen MR) is 56.7 cm³/mol. The summed E-state index contributed by atoms with van der Waals surface area (Å²) in [6.07, 6.45) is 1.16. The highest BCUT2D eigenvalue weighted by Gasteiger charge is 2.09. The lowest BCUT2D eigenvalue weighted by atomic mass is 10.4. The number of H-pyrrole nitrogens is 1. The number of nitrogens with two attached hydrogens (primary N) is 1. The van der Waals surface area contributed by atoms with E-state index >= 15 is 0 Å². The van der Waals surface area contributed by atoms with Crippen molar-refractivity contribution in [1.29, 1.82) is 0 Å². The van der Waals surface area contributed by atoms with E-state index in [4.69, 9.17) is 5.73 Å². The van der Waals surface area contributed by atoms with Gasteiger partial charge in [0.2, 0.25) is 5.95 Å². The van der Waals surface area contributed by atoms with Crippen LogP contribution >= 0.6 is 0 Å². The molecule has 2 aromatic rings. The molecule has 0 fully saturated rings. The van der Waals surface area contributed by atoms with Gasteiger partial charge >= 0.3 is 0 Å². The van der Waals surface area contributed by atoms with Crippen molar-refractivity contribution in [3.05, 3.63) is 16.6 Å². The van der Waals surface area contributed by atoms with Crippen molar-refractivity contribution in [2.75, 3.05) is 24.7 Å². The summed E-state index contributed by atoms with van der Waals surface area (Å²) in [6.45, 7) is 0. The van der Waals surface area contributed by atoms with Crippen LogP contribution in [0.2, 0.25) is 0 Å². The standard InChI is InChI=1S/C8H10N6O/c1-14(2)7-5-6(12-8(9)13-7)10-3-4(15)11-5/h3H,1-2H3,(H,11,15)(H2,9,10,12,13). The summed E-state index contributed by atoms with van der Waals surface area (Å²) in [6, 6.07) is 0. The van der Waals surface area contributed by atoms with E-state index < -0.39 is 0 Å². The zero-order chi connectivity index (χ0) is 11.0. The van der Waals surface area contributed by atoms with Gasteiger partial charge in [-0.25, -0.2) is 4.98 Å². The maximum atomic E-state index is 11.1. The number of aromatic amines is 1. The molecule has 78 valence electrons. The summed E-state index contributed by atoms with van der Waals surface area (Å²) in [7, 11) is 3.60. The van der Waals surface area contributed by atoms with E-state index in [-0.39, 0.29) is 11.5 Å². The Labute approximate surface area is 85.0 Å². The summed E-state index contributed by atoms with van der Waals surface area (Å²) in [5.74, 6) is 0.674. The van der Waals surface area contributed by atoms with Crippen molar-refractivity contribution < 1.29 is 0 Å². The number of nitrogen functional groups attached to an aromatic ring is 1. The summed E-state index contributed by atoms with van der Waals surface area (Å²) >= 11 is 0. The van der Waals surface area contributed by atoms with Gasteiger partial charge in [0.05, 0.1) is 6.20 Å². The molecule has 0 aliphatic carbocycles. The first-order valence-electron chi connectivity index (χ1n) is 4.28. The molecular formula is C8H10N6O. The number of nitrogens with one attached hydrogen (secondary N) is 1. The normalized spacial score (nSPS) is 10.5. The van der Waals surface area contributed by atoms with Crippen LogP contribution in [0.5, 0.6) is 0 Å². The number of hydrogen-bond donors (Lipinski definition) is 2. The van der Waals surface area contributed by atoms with Crippen LogP contribution in [-0.2, 0) is 0 Å². The van der Waals surface area contributed by atoms with E-state index in [1.54, 1.807) is 19.0 Å². The highest BCUT2D eigenvalue weighted by molar-refractivity contribution is 5.83. The van der Waals surface area contributed by atoms with Crippen LogP contribution < -0.4 is 16.2 Å². The average Bonchev–Trinajstić information content (AvgIpc) is 2.17. The summed E-state index contributed by atoms with van der Waals surface area (Å²) in [5, 5.41) is 0. The van der Waals surface area contributed by atoms with Crippen LogP contribution in [0.3, 0.4) is 0 Å². The van der Waals surface area contributed by atoms with E-state index in [9.17, 15) is 4.79 Å². The molecule has 0 saturated heterocycles. The highest BCUT2D eigenvalue weighted by atomic mass is 16.1. The summed E-state index contributed by atoms with van der Waals surface area (Å²) in [4.78, 5) is 27.3. The molecule has 0 saturated carbocycles. The minimum absolute atomic E-state index is 0.130. The second-order valence-corrected chi connectivity index (χ2v) is 3.25. The number of hydrogen-bond acceptors (Lipinski definition) is 6. The zero-order valence-corrected chi connectivity index (χ0v) is 8.35. The molecule has 2 heterocycles. The molecule has 0 bridgehead atoms. The maximum Gasteiger partial charge on any atom is 0.267 e. The van der Waals surface area contributed by atoms with Crippen molar-refractivity contribution in [1.82, 2.24) is 19.9 Å². The number of aromatic nitrogens is 4. The third-order valence-electron chi connectivity index (χ3n) is 1.86. The first-order chi connectivity index (χ1) is 7.08. The van der Waals surface area contributed by atoms with E-state index in [0.717, 1.165) is 6.20 Å². The molecule has 2 aromatic heterocycles. The van der Waals surface area contributed by atoms with Crippen LogP contribution in [0.25, 0.3) is 11.2 Å². The molecule has 0 aliphatic rings. The van der Waals surface area contributed by atoms with Gasteiger partial charge in [0.15, 0.2) is 11.5 Å². The number of nitrogens with zero attached hydrogens (tertiary/aromatic N) is 4. The Hall–Kier alpha value is -2.18. The van der Waals surface area contributed by atoms with E-state index in [0.29, 0.717) is 17.0 Å². The first-order valence-corrected chi connectivity index (χ1v) is 4.28. The molecule has 0 atom stereocenters. The van der Waals surface area contributed by atoms with Gasteiger partial charge in [0.25, 0.3) is 5.56 Å². The van der Waals surface area contributed by atoms with Gasteiger partial charge in [-0.1, -0.05) is 0 Å². The third-order valence-corrected chi connectivity index (χ3v) is 1.86. The molecule has 7 nitrogen and oxygen atoms in total. The molecule has 7 heteroatoms. The van der Waals surface area contributed by atoms with Gasteiger partial charge in [0.1, 0.15) is 5.52 Å². The summed E-state index contributed by atoms with van der Waals surface area (Å²) < 4.78 is 0. The highest BCUT2D eigenvalue weighted by Crippen LogP contribution is 2.17. The summed E-state index contributed by atoms with van der Waals surface area (Å²) in [5.41, 5.74) is 6.10. The second-order valence-electron chi connectivity index (χ2n) is 3.25. The van der Waals surface area contributed by atoms with Crippen molar-refractivity contribution >= 4 is 22.9 Å². The van der Waals surface area contributed by atoms with Gasteiger partial charge in [-0.15, -0.1) is 0 Å². The molecule has 15 heavy (non-hydrogen) atoms. The lowest BCUT2D eigenvalue weighted by Gasteiger charge is -2.12. The molecule has 0 aromatic carbocycles. The lowest BCUT2D eigenvalue weighted by molar-refractivity contribution is 1.04. The Morgan fingerprint density at radius 1 is 1.40 bits per heavy atom. The topological polar surface area (TPSA) is 101 Å². The number of rotatable bonds is 1. The van der Waals surface area contributed by atoms with E-state index in [2.05, 4.69) is 19.9 Å². The lowest BCUT2D eigenvalue weighted by Crippen LogP contribution is -2.16. The van der Waals surface area contributed by atoms with Crippen molar-refractivity contribution in [3.8, 4) is 0 Å². The van der Waals surface area contributed by atoms with Gasteiger partial charge in [-0.05, 0) is 0 Å². The molecule has 0 aliphatic heterocycles. The molecule has 3 N–H and O–H groups in total. The Kier molecular flexibility index (Phi) is 2.00. The smallest absolute Gasteiger partial charge is 0.267 e. The largest absolute Gasteiger partial charge is 0.368 e. The molecule has 0 radical (unpaired) electrons. The van der Waals surface area contributed by atoms with Gasteiger partial charge in [-0.3, -0.25) is 4.79 Å². The van der Waals surface area contributed by atoms with E-state index in [1.807, 2.05) is 0 Å². The fourth-order valence-corrected chi connectivity index (χ4v) is 1.26. The van der Waals surface area contributed by atoms with Crippen molar-refractivity contribution in [2.24, 2.45) is 0 Å². The number of anilines is 2. The number of fused-ring (bicyclic) bond motifs is 1. The molecule has 0 unspecified atom stereocenters. The minimum Gasteiger partial charge on any atom is -0.368 e. The Bertz CT molecular complexity index is 561. The molecular weight excluding hydrogens is 196 g/mol. The van der Waals surface area contributed by atoms with Gasteiger partial charge < -0.3 is 15.6 Å². The average molecular weight is 206 g/mol. The third kappa shape index (κ3) is 1.58. The predicted octanol–water partition coefficient (Wildman–Crippen LogP) is -0.639. The van der Waals surface area contributed by atoms with Crippen LogP contribution in [0.15, 0.2) is 11.0 Å². The Balaban J connectivity index is 2.87. The van der Waals surface area contributed by atoms with Gasteiger partial charge in [0, 0.05) is 14.1 Å². The van der Waals surface area contributed by atoms with Gasteiger partial charge in [-0.2, -0.15) is 9.97 Å². The minimum atomic E-state index is -0.293. The van der Waals surface area contributed by atoms with E-state index in [1.165, 1.54) is 0 Å². The monoisotopic (exact) mass is 206 g/mol. The maximum absolute atomic E-state index is 11.1. The van der Waals surface area contributed by atoms with Crippen LogP contribution in [0.1, 0.15) is 0 Å². The fraction of sp³-hybridized carbons (Fsp3) is 0.250. The molecule has 0 amide bonds. The van der Waals surface area contributed by atoms with Crippen molar-refractivity contribution in [3.63, 3.8) is 0 Å². The second kappa shape index (κ2) is 3.19. The zero-order valence-electron chi connectivity index (χ0n) is 8.35. The molecule has 2 rings (SSSR count). The van der Waals surface area contributed by atoms with Crippen molar-refractivity contribution in [2.45, 2.75) is 0 Å². The Morgan fingerprint density at radius 2 is 2.13 bits per heavy atom. The quantitative estimate of drug-likeness (QED) is 0.643. The SMILES string of the molecule is CN(C)c1nc(N)nc2ncc(=O)[nH]c12. The van der Waals surface area contributed by atoms with Crippen LogP contribution in [0.4, 0.5) is 11.8 Å². The van der Waals surface area contributed by atoms with Crippen LogP contribution in [-0.4, -0.2) is 34.0 Å². The Morgan fingerprint density at radius 3 is 2.80 bits per heavy atom. The fourth-order valence-electron chi connectivity index (χ4n) is 1.26. The first kappa shape index (κ1) is 9.38.